The molecule has 2 bridgehead atoms. The average Bonchev–Trinajstić information content (AvgIpc) is 2.98. The molecule has 0 spiro atoms. The summed E-state index contributed by atoms with van der Waals surface area (Å²) in [6, 6.07) is 0. The van der Waals surface area contributed by atoms with E-state index in [0.717, 1.165) is 6.42 Å². The SMILES string of the molecule is C=COCCCNC(=O)[C@H]1C2C=CC(C2)[C@H]1C(=O)O. The van der Waals surface area contributed by atoms with E-state index in [9.17, 15) is 14.7 Å². The maximum absolute atomic E-state index is 12.1. The highest BCUT2D eigenvalue weighted by Gasteiger charge is 2.51. The Labute approximate surface area is 112 Å². The van der Waals surface area contributed by atoms with E-state index in [0.29, 0.717) is 19.6 Å². The van der Waals surface area contributed by atoms with Crippen LogP contribution in [0.15, 0.2) is 25.0 Å². The molecule has 0 heterocycles. The highest BCUT2D eigenvalue weighted by Crippen LogP contribution is 2.48. The monoisotopic (exact) mass is 265 g/mol. The first-order chi connectivity index (χ1) is 9.15. The number of carbonyl (C=O) groups is 2. The maximum Gasteiger partial charge on any atom is 0.307 e. The van der Waals surface area contributed by atoms with Crippen LogP contribution in [0.4, 0.5) is 0 Å². The van der Waals surface area contributed by atoms with Crippen LogP contribution < -0.4 is 5.32 Å². The van der Waals surface area contributed by atoms with Crippen LogP contribution in [0.2, 0.25) is 0 Å². The molecule has 0 aromatic carbocycles. The highest BCUT2D eigenvalue weighted by atomic mass is 16.5. The molecule has 0 aliphatic heterocycles. The van der Waals surface area contributed by atoms with Gasteiger partial charge in [-0.05, 0) is 24.7 Å². The number of carbonyl (C=O) groups excluding carboxylic acids is 1. The van der Waals surface area contributed by atoms with Gasteiger partial charge in [0.05, 0.1) is 24.7 Å². The fourth-order valence-corrected chi connectivity index (χ4v) is 3.08. The number of fused-ring (bicyclic) bond motifs is 2. The Morgan fingerprint density at radius 2 is 2.05 bits per heavy atom. The molecule has 2 aliphatic rings. The Morgan fingerprint density at radius 1 is 1.37 bits per heavy atom. The maximum atomic E-state index is 12.1. The molecule has 19 heavy (non-hydrogen) atoms. The van der Waals surface area contributed by atoms with Crippen molar-refractivity contribution in [2.45, 2.75) is 12.8 Å². The van der Waals surface area contributed by atoms with Crippen molar-refractivity contribution in [3.63, 3.8) is 0 Å². The van der Waals surface area contributed by atoms with E-state index in [4.69, 9.17) is 4.74 Å². The summed E-state index contributed by atoms with van der Waals surface area (Å²) in [6.45, 7) is 4.43. The average molecular weight is 265 g/mol. The summed E-state index contributed by atoms with van der Waals surface area (Å²) in [7, 11) is 0. The zero-order chi connectivity index (χ0) is 13.8. The fraction of sp³-hybridized carbons (Fsp3) is 0.571. The molecule has 104 valence electrons. The summed E-state index contributed by atoms with van der Waals surface area (Å²) < 4.78 is 4.96. The predicted molar refractivity (Wildman–Crippen MR) is 69.1 cm³/mol. The number of amides is 1. The molecule has 0 radical (unpaired) electrons. The molecular formula is C14H19NO4. The molecule has 2 rings (SSSR count). The van der Waals surface area contributed by atoms with Crippen molar-refractivity contribution < 1.29 is 19.4 Å². The van der Waals surface area contributed by atoms with Gasteiger partial charge in [-0.2, -0.15) is 0 Å². The molecule has 2 aliphatic carbocycles. The topological polar surface area (TPSA) is 75.6 Å². The van der Waals surface area contributed by atoms with Gasteiger partial charge in [0.2, 0.25) is 5.91 Å². The normalized spacial score (nSPS) is 31.2. The largest absolute Gasteiger partial charge is 0.502 e. The van der Waals surface area contributed by atoms with Gasteiger partial charge in [0.15, 0.2) is 0 Å². The second-order valence-corrected chi connectivity index (χ2v) is 5.02. The van der Waals surface area contributed by atoms with Crippen molar-refractivity contribution in [3.8, 4) is 0 Å². The van der Waals surface area contributed by atoms with Crippen LogP contribution in [0.25, 0.3) is 0 Å². The second kappa shape index (κ2) is 5.91. The van der Waals surface area contributed by atoms with Crippen molar-refractivity contribution in [1.29, 1.82) is 0 Å². The van der Waals surface area contributed by atoms with E-state index in [1.54, 1.807) is 0 Å². The number of ether oxygens (including phenoxy) is 1. The lowest BCUT2D eigenvalue weighted by molar-refractivity contribution is -0.147. The molecule has 2 unspecified atom stereocenters. The summed E-state index contributed by atoms with van der Waals surface area (Å²) in [6.07, 6.45) is 6.75. The van der Waals surface area contributed by atoms with E-state index < -0.39 is 17.8 Å². The first-order valence-corrected chi connectivity index (χ1v) is 6.56. The Balaban J connectivity index is 1.86. The molecule has 4 atom stereocenters. The number of carboxylic acid groups (broad SMARTS) is 1. The third-order valence-electron chi connectivity index (χ3n) is 3.90. The van der Waals surface area contributed by atoms with Gasteiger partial charge in [-0.15, -0.1) is 0 Å². The number of carboxylic acids is 1. The van der Waals surface area contributed by atoms with Crippen LogP contribution in [0.3, 0.4) is 0 Å². The van der Waals surface area contributed by atoms with Crippen molar-refractivity contribution in [2.24, 2.45) is 23.7 Å². The van der Waals surface area contributed by atoms with Crippen LogP contribution in [-0.2, 0) is 14.3 Å². The van der Waals surface area contributed by atoms with Crippen molar-refractivity contribution in [1.82, 2.24) is 5.32 Å². The van der Waals surface area contributed by atoms with Crippen LogP contribution in [0, 0.1) is 23.7 Å². The minimum Gasteiger partial charge on any atom is -0.502 e. The Hall–Kier alpha value is -1.78. The zero-order valence-corrected chi connectivity index (χ0v) is 10.7. The van der Waals surface area contributed by atoms with Gasteiger partial charge in [-0.3, -0.25) is 9.59 Å². The molecule has 0 saturated heterocycles. The van der Waals surface area contributed by atoms with Gasteiger partial charge in [0.25, 0.3) is 0 Å². The molecule has 1 amide bonds. The first kappa shape index (κ1) is 13.6. The van der Waals surface area contributed by atoms with Gasteiger partial charge in [0, 0.05) is 6.54 Å². The summed E-state index contributed by atoms with van der Waals surface area (Å²) >= 11 is 0. The van der Waals surface area contributed by atoms with Gasteiger partial charge in [-0.25, -0.2) is 0 Å². The number of rotatable bonds is 7. The second-order valence-electron chi connectivity index (χ2n) is 5.02. The molecule has 0 aromatic rings. The molecule has 2 N–H and O–H groups in total. The Morgan fingerprint density at radius 3 is 2.68 bits per heavy atom. The smallest absolute Gasteiger partial charge is 0.307 e. The minimum absolute atomic E-state index is 0.0161. The van der Waals surface area contributed by atoms with Gasteiger partial charge in [0.1, 0.15) is 0 Å². The lowest BCUT2D eigenvalue weighted by Gasteiger charge is -2.23. The number of allylic oxidation sites excluding steroid dienone is 2. The third kappa shape index (κ3) is 2.80. The van der Waals surface area contributed by atoms with Crippen LogP contribution >= 0.6 is 0 Å². The minimum atomic E-state index is -0.869. The molecule has 0 aromatic heterocycles. The van der Waals surface area contributed by atoms with Gasteiger partial charge >= 0.3 is 5.97 Å². The van der Waals surface area contributed by atoms with Crippen molar-refractivity contribution in [3.05, 3.63) is 25.0 Å². The summed E-state index contributed by atoms with van der Waals surface area (Å²) in [4.78, 5) is 23.4. The fourth-order valence-electron chi connectivity index (χ4n) is 3.08. The zero-order valence-electron chi connectivity index (χ0n) is 10.7. The number of hydrogen-bond acceptors (Lipinski definition) is 3. The number of aliphatic carboxylic acids is 1. The highest BCUT2D eigenvalue weighted by molar-refractivity contribution is 5.86. The summed E-state index contributed by atoms with van der Waals surface area (Å²) in [5, 5.41) is 12.1. The molecular weight excluding hydrogens is 246 g/mol. The summed E-state index contributed by atoms with van der Waals surface area (Å²) in [5.41, 5.74) is 0. The molecule has 5 nitrogen and oxygen atoms in total. The molecule has 5 heteroatoms. The van der Waals surface area contributed by atoms with E-state index in [2.05, 4.69) is 11.9 Å². The van der Waals surface area contributed by atoms with E-state index in [-0.39, 0.29) is 17.7 Å². The van der Waals surface area contributed by atoms with E-state index >= 15 is 0 Å². The van der Waals surface area contributed by atoms with Crippen LogP contribution in [-0.4, -0.2) is 30.1 Å². The summed E-state index contributed by atoms with van der Waals surface area (Å²) in [5.74, 6) is -1.92. The van der Waals surface area contributed by atoms with E-state index in [1.165, 1.54) is 6.26 Å². The lowest BCUT2D eigenvalue weighted by Crippen LogP contribution is -2.40. The molecule has 1 fully saturated rings. The lowest BCUT2D eigenvalue weighted by atomic mass is 9.82. The first-order valence-electron chi connectivity index (χ1n) is 6.56. The number of hydrogen-bond donors (Lipinski definition) is 2. The van der Waals surface area contributed by atoms with Crippen LogP contribution in [0.1, 0.15) is 12.8 Å². The third-order valence-corrected chi connectivity index (χ3v) is 3.90. The van der Waals surface area contributed by atoms with Crippen molar-refractivity contribution in [2.75, 3.05) is 13.2 Å². The predicted octanol–water partition coefficient (Wildman–Crippen LogP) is 1.18. The number of nitrogens with one attached hydrogen (secondary N) is 1. The van der Waals surface area contributed by atoms with Gasteiger partial charge in [-0.1, -0.05) is 18.7 Å². The Bertz CT molecular complexity index is 404. The standard InChI is InChI=1S/C14H19NO4/c1-2-19-7-3-6-15-13(16)11-9-4-5-10(8-9)12(11)14(17)18/h2,4-5,9-12H,1,3,6-8H2,(H,15,16)(H,17,18)/t9?,10?,11-,12+/m0/s1. The van der Waals surface area contributed by atoms with E-state index in [1.807, 2.05) is 12.2 Å². The quantitative estimate of drug-likeness (QED) is 0.412. The Kier molecular flexibility index (Phi) is 4.24. The van der Waals surface area contributed by atoms with Gasteiger partial charge < -0.3 is 15.2 Å². The van der Waals surface area contributed by atoms with Crippen LogP contribution in [0.5, 0.6) is 0 Å². The molecule has 1 saturated carbocycles. The van der Waals surface area contributed by atoms with Crippen molar-refractivity contribution >= 4 is 11.9 Å².